The average Bonchev–Trinajstić information content (AvgIpc) is 3.14. The molecular weight excluding hydrogens is 446 g/mol. The largest absolute Gasteiger partial charge is 0.453 e. The Morgan fingerprint density at radius 2 is 1.97 bits per heavy atom. The van der Waals surface area contributed by atoms with E-state index in [2.05, 4.69) is 40.5 Å². The van der Waals surface area contributed by atoms with Crippen molar-refractivity contribution in [3.63, 3.8) is 0 Å². The van der Waals surface area contributed by atoms with E-state index >= 15 is 0 Å². The Balaban J connectivity index is 1.69. The molecule has 0 bridgehead atoms. The Bertz CT molecular complexity index is 1160. The van der Waals surface area contributed by atoms with Gasteiger partial charge in [0.2, 0.25) is 12.7 Å². The molecule has 9 heteroatoms. The molecular formula is C26H35N5O4. The van der Waals surface area contributed by atoms with Gasteiger partial charge in [0, 0.05) is 48.7 Å². The lowest BCUT2D eigenvalue weighted by atomic mass is 9.93. The van der Waals surface area contributed by atoms with E-state index < -0.39 is 5.60 Å². The number of ether oxygens (including phenoxy) is 3. The zero-order chi connectivity index (χ0) is 25.3. The Morgan fingerprint density at radius 3 is 2.69 bits per heavy atom. The number of amides is 1. The highest BCUT2D eigenvalue weighted by molar-refractivity contribution is 5.83. The summed E-state index contributed by atoms with van der Waals surface area (Å²) < 4.78 is 17.3. The molecule has 2 N–H and O–H groups in total. The summed E-state index contributed by atoms with van der Waals surface area (Å²) >= 11 is 0. The summed E-state index contributed by atoms with van der Waals surface area (Å²) in [6.07, 6.45) is 3.41. The van der Waals surface area contributed by atoms with E-state index in [-0.39, 0.29) is 18.9 Å². The van der Waals surface area contributed by atoms with Gasteiger partial charge in [0.05, 0.1) is 0 Å². The SMILES string of the molecule is CNc1cc(C)nc(Nc2cc3c(c(C4=CCN(C(=O)OC(C)(C)C)C(C)CC4)c2C)OCO3)n1. The highest BCUT2D eigenvalue weighted by Crippen LogP contribution is 2.46. The summed E-state index contributed by atoms with van der Waals surface area (Å²) in [4.78, 5) is 23.7. The van der Waals surface area contributed by atoms with Gasteiger partial charge in [-0.15, -0.1) is 0 Å². The van der Waals surface area contributed by atoms with Crippen LogP contribution in [0.15, 0.2) is 18.2 Å². The summed E-state index contributed by atoms with van der Waals surface area (Å²) in [5.74, 6) is 2.65. The van der Waals surface area contributed by atoms with Crippen LogP contribution >= 0.6 is 0 Å². The van der Waals surface area contributed by atoms with Gasteiger partial charge in [-0.05, 0) is 65.5 Å². The molecule has 1 atom stereocenters. The van der Waals surface area contributed by atoms with Gasteiger partial charge >= 0.3 is 6.09 Å². The monoisotopic (exact) mass is 481 g/mol. The number of hydrogen-bond donors (Lipinski definition) is 2. The lowest BCUT2D eigenvalue weighted by Crippen LogP contribution is -2.41. The Hall–Kier alpha value is -3.49. The number of hydrogen-bond acceptors (Lipinski definition) is 8. The van der Waals surface area contributed by atoms with E-state index in [0.717, 1.165) is 52.5 Å². The molecule has 1 amide bonds. The Morgan fingerprint density at radius 1 is 1.20 bits per heavy atom. The minimum atomic E-state index is -0.538. The molecule has 35 heavy (non-hydrogen) atoms. The number of nitrogens with zero attached hydrogens (tertiary/aromatic N) is 3. The maximum atomic E-state index is 12.8. The molecule has 0 saturated carbocycles. The molecule has 1 unspecified atom stereocenters. The molecule has 1 aromatic carbocycles. The average molecular weight is 482 g/mol. The fraction of sp³-hybridized carbons (Fsp3) is 0.500. The van der Waals surface area contributed by atoms with Crippen LogP contribution < -0.4 is 20.1 Å². The van der Waals surface area contributed by atoms with Gasteiger partial charge in [0.15, 0.2) is 11.5 Å². The van der Waals surface area contributed by atoms with E-state index in [1.165, 1.54) is 0 Å². The normalized spacial score (nSPS) is 17.5. The summed E-state index contributed by atoms with van der Waals surface area (Å²) in [5.41, 5.74) is 4.28. The first kappa shape index (κ1) is 24.6. The molecule has 3 heterocycles. The predicted molar refractivity (Wildman–Crippen MR) is 137 cm³/mol. The van der Waals surface area contributed by atoms with Crippen molar-refractivity contribution >= 4 is 29.1 Å². The molecule has 4 rings (SSSR count). The molecule has 2 aliphatic heterocycles. The molecule has 188 valence electrons. The van der Waals surface area contributed by atoms with Crippen LogP contribution in [0.4, 0.5) is 22.2 Å². The summed E-state index contributed by atoms with van der Waals surface area (Å²) in [6.45, 7) is 12.3. The predicted octanol–water partition coefficient (Wildman–Crippen LogP) is 5.41. The van der Waals surface area contributed by atoms with Crippen molar-refractivity contribution in [1.82, 2.24) is 14.9 Å². The van der Waals surface area contributed by atoms with Crippen LogP contribution in [-0.2, 0) is 4.74 Å². The Kier molecular flexibility index (Phi) is 6.78. The van der Waals surface area contributed by atoms with Gasteiger partial charge in [-0.3, -0.25) is 0 Å². The lowest BCUT2D eigenvalue weighted by Gasteiger charge is -2.30. The van der Waals surface area contributed by atoms with Crippen LogP contribution in [0.5, 0.6) is 11.5 Å². The molecule has 0 spiro atoms. The minimum absolute atomic E-state index is 0.0473. The number of aromatic nitrogens is 2. The van der Waals surface area contributed by atoms with Crippen LogP contribution in [0, 0.1) is 13.8 Å². The third-order valence-electron chi connectivity index (χ3n) is 6.13. The number of carbonyl (C=O) groups is 1. The van der Waals surface area contributed by atoms with Crippen molar-refractivity contribution in [2.75, 3.05) is 31.0 Å². The fourth-order valence-corrected chi connectivity index (χ4v) is 4.34. The minimum Gasteiger partial charge on any atom is -0.453 e. The van der Waals surface area contributed by atoms with Gasteiger partial charge in [0.25, 0.3) is 0 Å². The van der Waals surface area contributed by atoms with E-state index in [1.807, 2.05) is 46.9 Å². The maximum absolute atomic E-state index is 12.8. The zero-order valence-electron chi connectivity index (χ0n) is 21.6. The number of nitrogens with one attached hydrogen (secondary N) is 2. The molecule has 2 aliphatic rings. The third-order valence-corrected chi connectivity index (χ3v) is 6.13. The fourth-order valence-electron chi connectivity index (χ4n) is 4.34. The molecule has 0 saturated heterocycles. The number of anilines is 3. The summed E-state index contributed by atoms with van der Waals surface area (Å²) in [7, 11) is 1.83. The first-order valence-corrected chi connectivity index (χ1v) is 12.0. The first-order chi connectivity index (χ1) is 16.6. The van der Waals surface area contributed by atoms with E-state index in [9.17, 15) is 4.79 Å². The summed E-state index contributed by atoms with van der Waals surface area (Å²) in [6, 6.07) is 3.86. The van der Waals surface area contributed by atoms with Crippen molar-refractivity contribution in [2.24, 2.45) is 0 Å². The second-order valence-corrected chi connectivity index (χ2v) is 10.0. The number of fused-ring (bicyclic) bond motifs is 1. The topological polar surface area (TPSA) is 97.8 Å². The molecule has 9 nitrogen and oxygen atoms in total. The summed E-state index contributed by atoms with van der Waals surface area (Å²) in [5, 5.41) is 6.43. The van der Waals surface area contributed by atoms with Crippen molar-refractivity contribution in [2.45, 2.75) is 66.0 Å². The maximum Gasteiger partial charge on any atom is 0.410 e. The van der Waals surface area contributed by atoms with Crippen LogP contribution in [0.1, 0.15) is 57.4 Å². The molecule has 0 aliphatic carbocycles. The van der Waals surface area contributed by atoms with Crippen molar-refractivity contribution in [3.8, 4) is 11.5 Å². The number of aryl methyl sites for hydroxylation is 1. The molecule has 0 fully saturated rings. The molecule has 0 radical (unpaired) electrons. The van der Waals surface area contributed by atoms with Crippen LogP contribution in [0.2, 0.25) is 0 Å². The highest BCUT2D eigenvalue weighted by Gasteiger charge is 2.30. The molecule has 1 aromatic heterocycles. The molecule has 2 aromatic rings. The van der Waals surface area contributed by atoms with Gasteiger partial charge in [0.1, 0.15) is 11.4 Å². The highest BCUT2D eigenvalue weighted by atomic mass is 16.7. The second-order valence-electron chi connectivity index (χ2n) is 10.0. The smallest absolute Gasteiger partial charge is 0.410 e. The van der Waals surface area contributed by atoms with Crippen LogP contribution in [0.3, 0.4) is 0 Å². The lowest BCUT2D eigenvalue weighted by molar-refractivity contribution is 0.0201. The van der Waals surface area contributed by atoms with Crippen molar-refractivity contribution < 1.29 is 19.0 Å². The van der Waals surface area contributed by atoms with E-state index in [0.29, 0.717) is 18.2 Å². The number of carbonyl (C=O) groups excluding carboxylic acids is 1. The quantitative estimate of drug-likeness (QED) is 0.598. The van der Waals surface area contributed by atoms with Gasteiger partial charge < -0.3 is 29.7 Å². The number of rotatable bonds is 4. The second kappa shape index (κ2) is 9.64. The number of allylic oxidation sites excluding steroid dienone is 1. The zero-order valence-corrected chi connectivity index (χ0v) is 21.6. The Labute approximate surface area is 206 Å². The van der Waals surface area contributed by atoms with Crippen LogP contribution in [0.25, 0.3) is 5.57 Å². The van der Waals surface area contributed by atoms with Gasteiger partial charge in [-0.25, -0.2) is 9.78 Å². The standard InChI is InChI=1S/C26H35N5O4/c1-15-12-21(27-7)30-24(28-15)29-19-13-20-23(34-14-33-20)22(17(19)3)18-9-8-16(2)31(11-10-18)25(32)35-26(4,5)6/h10,12-13,16H,8-9,11,14H2,1-7H3,(H2,27,28,29,30). The van der Waals surface area contributed by atoms with Gasteiger partial charge in [-0.1, -0.05) is 6.08 Å². The van der Waals surface area contributed by atoms with E-state index in [1.54, 1.807) is 4.90 Å². The van der Waals surface area contributed by atoms with E-state index in [4.69, 9.17) is 14.2 Å². The number of benzene rings is 1. The van der Waals surface area contributed by atoms with Gasteiger partial charge in [-0.2, -0.15) is 4.98 Å². The van der Waals surface area contributed by atoms with Crippen molar-refractivity contribution in [3.05, 3.63) is 35.0 Å². The third kappa shape index (κ3) is 5.44. The van der Waals surface area contributed by atoms with Crippen molar-refractivity contribution in [1.29, 1.82) is 0 Å². The first-order valence-electron chi connectivity index (χ1n) is 12.0. The van der Waals surface area contributed by atoms with Crippen LogP contribution in [-0.4, -0.2) is 53.0 Å².